The summed E-state index contributed by atoms with van der Waals surface area (Å²) >= 11 is 4.27. The molecule has 4 aromatic rings. The molecule has 0 saturated heterocycles. The smallest absolute Gasteiger partial charge is 0.418 e. The van der Waals surface area contributed by atoms with Crippen molar-refractivity contribution in [3.8, 4) is 27.0 Å². The molecule has 14 heteroatoms. The number of rotatable bonds is 6. The first kappa shape index (κ1) is 26.0. The second-order valence-corrected chi connectivity index (χ2v) is 11.2. The standard InChI is InChI=1S/C22H16BrF3N4O4S2/c1-3-34-21(31)17-16(23)18(30(29-17)15-10-5-4-9-14(15)22(24,25)26)20-28-27-19(35-20)12-7-6-8-13(11-12)36(2,32)33/h4-11H,3H2,1-2H3. The monoisotopic (exact) mass is 600 g/mol. The normalized spacial score (nSPS) is 12.1. The zero-order valence-corrected chi connectivity index (χ0v) is 21.8. The van der Waals surface area contributed by atoms with Crippen LogP contribution >= 0.6 is 27.3 Å². The summed E-state index contributed by atoms with van der Waals surface area (Å²) in [5, 5.41) is 12.8. The van der Waals surface area contributed by atoms with Gasteiger partial charge in [-0.25, -0.2) is 17.9 Å². The van der Waals surface area contributed by atoms with Gasteiger partial charge in [-0.05, 0) is 47.1 Å². The Balaban J connectivity index is 1.92. The van der Waals surface area contributed by atoms with Crippen LogP contribution < -0.4 is 0 Å². The van der Waals surface area contributed by atoms with E-state index in [1.807, 2.05) is 0 Å². The fourth-order valence-electron chi connectivity index (χ4n) is 3.28. The van der Waals surface area contributed by atoms with Gasteiger partial charge in [0.25, 0.3) is 0 Å². The summed E-state index contributed by atoms with van der Waals surface area (Å²) in [4.78, 5) is 12.6. The minimum absolute atomic E-state index is 0.0340. The predicted octanol–water partition coefficient (Wildman–Crippen LogP) is 5.42. The first-order valence-corrected chi connectivity index (χ1v) is 13.7. The highest BCUT2D eigenvalue weighted by Crippen LogP contribution is 2.40. The van der Waals surface area contributed by atoms with Gasteiger partial charge in [-0.2, -0.15) is 18.3 Å². The third-order valence-corrected chi connectivity index (χ3v) is 7.71. The molecule has 36 heavy (non-hydrogen) atoms. The molecule has 4 rings (SSSR count). The maximum absolute atomic E-state index is 13.8. The molecular formula is C22H16BrF3N4O4S2. The lowest BCUT2D eigenvalue weighted by atomic mass is 10.1. The number of benzene rings is 2. The number of carbonyl (C=O) groups excluding carboxylic acids is 1. The highest BCUT2D eigenvalue weighted by molar-refractivity contribution is 9.10. The number of halogens is 4. The fourth-order valence-corrected chi connectivity index (χ4v) is 5.55. The highest BCUT2D eigenvalue weighted by Gasteiger charge is 2.36. The van der Waals surface area contributed by atoms with E-state index in [1.165, 1.54) is 30.3 Å². The zero-order valence-electron chi connectivity index (χ0n) is 18.6. The SMILES string of the molecule is CCOC(=O)c1nn(-c2ccccc2C(F)(F)F)c(-c2nnc(-c3cccc(S(C)(=O)=O)c3)s2)c1Br. The van der Waals surface area contributed by atoms with Crippen LogP contribution in [0.5, 0.6) is 0 Å². The molecule has 2 heterocycles. The van der Waals surface area contributed by atoms with E-state index >= 15 is 0 Å². The van der Waals surface area contributed by atoms with Crippen molar-refractivity contribution in [2.24, 2.45) is 0 Å². The Labute approximate surface area is 215 Å². The lowest BCUT2D eigenvalue weighted by Gasteiger charge is -2.14. The molecule has 0 amide bonds. The molecule has 0 unspecified atom stereocenters. The molecular weight excluding hydrogens is 585 g/mol. The topological polar surface area (TPSA) is 104 Å². The van der Waals surface area contributed by atoms with Gasteiger partial charge in [0, 0.05) is 11.8 Å². The van der Waals surface area contributed by atoms with Gasteiger partial charge in [0.1, 0.15) is 10.7 Å². The lowest BCUT2D eigenvalue weighted by Crippen LogP contribution is -2.13. The minimum atomic E-state index is -4.70. The molecule has 0 bridgehead atoms. The Morgan fingerprint density at radius 1 is 1.11 bits per heavy atom. The van der Waals surface area contributed by atoms with Gasteiger partial charge in [0.2, 0.25) is 0 Å². The maximum Gasteiger partial charge on any atom is 0.418 e. The quantitative estimate of drug-likeness (QED) is 0.272. The first-order chi connectivity index (χ1) is 16.9. The molecule has 0 aliphatic heterocycles. The second kappa shape index (κ2) is 9.75. The van der Waals surface area contributed by atoms with Crippen molar-refractivity contribution in [2.45, 2.75) is 18.0 Å². The number of aromatic nitrogens is 4. The molecule has 0 saturated carbocycles. The summed E-state index contributed by atoms with van der Waals surface area (Å²) in [7, 11) is -3.48. The van der Waals surface area contributed by atoms with Gasteiger partial charge in [0.05, 0.1) is 27.2 Å². The lowest BCUT2D eigenvalue weighted by molar-refractivity contribution is -0.137. The highest BCUT2D eigenvalue weighted by atomic mass is 79.9. The number of nitrogens with zero attached hydrogens (tertiary/aromatic N) is 4. The minimum Gasteiger partial charge on any atom is -0.461 e. The number of hydrogen-bond donors (Lipinski definition) is 0. The van der Waals surface area contributed by atoms with Crippen LogP contribution in [-0.2, 0) is 20.8 Å². The van der Waals surface area contributed by atoms with Crippen LogP contribution in [0.3, 0.4) is 0 Å². The number of ether oxygens (including phenoxy) is 1. The number of carbonyl (C=O) groups is 1. The van der Waals surface area contributed by atoms with Crippen LogP contribution in [0.2, 0.25) is 0 Å². The van der Waals surface area contributed by atoms with Gasteiger partial charge < -0.3 is 4.74 Å². The molecule has 0 N–H and O–H groups in total. The van der Waals surface area contributed by atoms with Crippen LogP contribution in [0, 0.1) is 0 Å². The molecule has 188 valence electrons. The summed E-state index contributed by atoms with van der Waals surface area (Å²) in [6.07, 6.45) is -3.63. The number of para-hydroxylation sites is 1. The van der Waals surface area contributed by atoms with Crippen LogP contribution in [0.25, 0.3) is 27.0 Å². The third-order valence-electron chi connectivity index (χ3n) is 4.87. The summed E-state index contributed by atoms with van der Waals surface area (Å²) in [5.41, 5.74) is -1.03. The van der Waals surface area contributed by atoms with E-state index < -0.39 is 27.5 Å². The fraction of sp³-hybridized carbons (Fsp3) is 0.182. The number of hydrogen-bond acceptors (Lipinski definition) is 8. The second-order valence-electron chi connectivity index (χ2n) is 7.37. The van der Waals surface area contributed by atoms with Gasteiger partial charge in [-0.1, -0.05) is 35.6 Å². The third kappa shape index (κ3) is 5.06. The summed E-state index contributed by atoms with van der Waals surface area (Å²) in [6, 6.07) is 10.8. The molecule has 8 nitrogen and oxygen atoms in total. The molecule has 0 radical (unpaired) electrons. The van der Waals surface area contributed by atoms with E-state index in [9.17, 15) is 26.4 Å². The van der Waals surface area contributed by atoms with Gasteiger partial charge in [-0.15, -0.1) is 10.2 Å². The van der Waals surface area contributed by atoms with E-state index in [4.69, 9.17) is 4.74 Å². The molecule has 0 atom stereocenters. The van der Waals surface area contributed by atoms with Crippen molar-refractivity contribution in [1.29, 1.82) is 0 Å². The van der Waals surface area contributed by atoms with Crippen molar-refractivity contribution in [3.63, 3.8) is 0 Å². The summed E-state index contributed by atoms with van der Waals surface area (Å²) in [6.45, 7) is 1.62. The van der Waals surface area contributed by atoms with Crippen LogP contribution in [0.4, 0.5) is 13.2 Å². The van der Waals surface area contributed by atoms with Crippen molar-refractivity contribution in [1.82, 2.24) is 20.0 Å². The van der Waals surface area contributed by atoms with Crippen molar-refractivity contribution < 1.29 is 31.1 Å². The number of esters is 1. The molecule has 0 spiro atoms. The van der Waals surface area contributed by atoms with Crippen molar-refractivity contribution >= 4 is 43.1 Å². The van der Waals surface area contributed by atoms with Gasteiger partial charge >= 0.3 is 12.1 Å². The average molecular weight is 601 g/mol. The summed E-state index contributed by atoms with van der Waals surface area (Å²) in [5.74, 6) is -0.834. The molecule has 0 aliphatic carbocycles. The zero-order chi connectivity index (χ0) is 26.3. The van der Waals surface area contributed by atoms with Gasteiger partial charge in [-0.3, -0.25) is 0 Å². The van der Waals surface area contributed by atoms with E-state index in [-0.39, 0.29) is 38.1 Å². The van der Waals surface area contributed by atoms with Crippen molar-refractivity contribution in [3.05, 3.63) is 64.3 Å². The Morgan fingerprint density at radius 2 is 1.81 bits per heavy atom. The number of sulfone groups is 1. The van der Waals surface area contributed by atoms with Gasteiger partial charge in [0.15, 0.2) is 20.5 Å². The molecule has 2 aromatic carbocycles. The van der Waals surface area contributed by atoms with E-state index in [0.717, 1.165) is 28.3 Å². The van der Waals surface area contributed by atoms with E-state index in [0.29, 0.717) is 10.6 Å². The Morgan fingerprint density at radius 3 is 2.47 bits per heavy atom. The van der Waals surface area contributed by atoms with Crippen LogP contribution in [-0.4, -0.2) is 47.2 Å². The Kier molecular flexibility index (Phi) is 7.03. The molecule has 0 aliphatic rings. The first-order valence-electron chi connectivity index (χ1n) is 10.2. The molecule has 0 fully saturated rings. The number of alkyl halides is 3. The Hall–Kier alpha value is -3.10. The summed E-state index contributed by atoms with van der Waals surface area (Å²) < 4.78 is 71.3. The van der Waals surface area contributed by atoms with Crippen LogP contribution in [0.1, 0.15) is 23.0 Å². The Bertz CT molecular complexity index is 1570. The predicted molar refractivity (Wildman–Crippen MR) is 130 cm³/mol. The largest absolute Gasteiger partial charge is 0.461 e. The molecule has 2 aromatic heterocycles. The average Bonchev–Trinajstić information content (AvgIpc) is 3.43. The van der Waals surface area contributed by atoms with E-state index in [1.54, 1.807) is 19.1 Å². The maximum atomic E-state index is 13.8. The van der Waals surface area contributed by atoms with Crippen LogP contribution in [0.15, 0.2) is 57.9 Å². The van der Waals surface area contributed by atoms with E-state index in [2.05, 4.69) is 31.2 Å². The van der Waals surface area contributed by atoms with Crippen molar-refractivity contribution in [2.75, 3.05) is 12.9 Å².